The van der Waals surface area contributed by atoms with Crippen LogP contribution in [-0.2, 0) is 0 Å². The number of rotatable bonds is 2. The summed E-state index contributed by atoms with van der Waals surface area (Å²) in [4.78, 5) is 7.60. The predicted octanol–water partition coefficient (Wildman–Crippen LogP) is 2.73. The fraction of sp³-hybridized carbons (Fsp3) is 1.00. The molecule has 0 N–H and O–H groups in total. The van der Waals surface area contributed by atoms with Crippen molar-refractivity contribution in [2.45, 2.75) is 32.1 Å². The van der Waals surface area contributed by atoms with Crippen molar-refractivity contribution in [3.05, 3.63) is 0 Å². The Hall–Kier alpha value is 0.799. The molecule has 0 spiro atoms. The quantitative estimate of drug-likeness (QED) is 0.626. The Kier molecular flexibility index (Phi) is 1.90. The van der Waals surface area contributed by atoms with Gasteiger partial charge in [-0.25, -0.2) is 0 Å². The first-order valence-corrected chi connectivity index (χ1v) is 14.2. The first kappa shape index (κ1) is 6.91. The normalized spacial score (nSPS) is 21.4. The molecule has 0 aliphatic heterocycles. The van der Waals surface area contributed by atoms with Gasteiger partial charge in [-0.15, -0.1) is 0 Å². The molecule has 0 aromatic heterocycles. The molecular weight excluding hydrogens is 203 g/mol. The molecule has 48 valence electrons. The van der Waals surface area contributed by atoms with E-state index in [1.54, 1.807) is 17.3 Å². The van der Waals surface area contributed by atoms with E-state index in [2.05, 4.69) is 14.8 Å². The summed E-state index contributed by atoms with van der Waals surface area (Å²) in [6, 6.07) is 0. The third kappa shape index (κ3) is 2.95. The molecule has 1 rings (SSSR count). The van der Waals surface area contributed by atoms with Crippen LogP contribution in [0, 0.1) is 5.92 Å². The van der Waals surface area contributed by atoms with Gasteiger partial charge in [0.05, 0.1) is 0 Å². The Morgan fingerprint density at radius 3 is 1.88 bits per heavy atom. The molecule has 1 fully saturated rings. The third-order valence-electron chi connectivity index (χ3n) is 1.60. The molecule has 1 saturated carbocycles. The van der Waals surface area contributed by atoms with Crippen LogP contribution in [0.25, 0.3) is 0 Å². The average Bonchev–Trinajstić information content (AvgIpc) is 2.12. The third-order valence-corrected chi connectivity index (χ3v) is 6.74. The predicted molar refractivity (Wildman–Crippen MR) is 40.9 cm³/mol. The van der Waals surface area contributed by atoms with E-state index < -0.39 is 18.4 Å². The minimum atomic E-state index is -1.29. The van der Waals surface area contributed by atoms with Crippen LogP contribution < -0.4 is 0 Å². The number of hydrogen-bond donors (Lipinski definition) is 0. The molecule has 0 aromatic rings. The molecule has 1 aliphatic carbocycles. The van der Waals surface area contributed by atoms with Crippen molar-refractivity contribution in [1.82, 2.24) is 0 Å². The fourth-order valence-corrected chi connectivity index (χ4v) is 7.30. The van der Waals surface area contributed by atoms with Gasteiger partial charge in [-0.3, -0.25) is 0 Å². The van der Waals surface area contributed by atoms with Gasteiger partial charge >= 0.3 is 56.4 Å². The van der Waals surface area contributed by atoms with Crippen LogP contribution in [0.5, 0.6) is 0 Å². The molecule has 0 nitrogen and oxygen atoms in total. The molecule has 0 heterocycles. The van der Waals surface area contributed by atoms with Crippen molar-refractivity contribution in [1.29, 1.82) is 0 Å². The standard InChI is InChI=1S/C4H7.3CH3.Sn/c1-4-2-3-4;;;;/h4H,1-3H2;3*1H3;. The molecule has 0 atom stereocenters. The summed E-state index contributed by atoms with van der Waals surface area (Å²) >= 11 is -1.29. The van der Waals surface area contributed by atoms with Gasteiger partial charge in [0.15, 0.2) is 0 Å². The van der Waals surface area contributed by atoms with Gasteiger partial charge in [0.25, 0.3) is 0 Å². The second-order valence-electron chi connectivity index (χ2n) is 4.21. The van der Waals surface area contributed by atoms with Crippen LogP contribution in [0.2, 0.25) is 19.3 Å². The van der Waals surface area contributed by atoms with Gasteiger partial charge in [0.2, 0.25) is 0 Å². The molecule has 1 aliphatic rings. The first-order valence-electron chi connectivity index (χ1n) is 3.58. The van der Waals surface area contributed by atoms with Crippen LogP contribution in [0.1, 0.15) is 12.8 Å². The van der Waals surface area contributed by atoms with Crippen molar-refractivity contribution >= 4 is 18.4 Å². The van der Waals surface area contributed by atoms with Crippen LogP contribution >= 0.6 is 0 Å². The van der Waals surface area contributed by atoms with Crippen molar-refractivity contribution in [2.24, 2.45) is 5.92 Å². The van der Waals surface area contributed by atoms with E-state index in [0.717, 1.165) is 0 Å². The zero-order chi connectivity index (χ0) is 6.20. The molecule has 0 amide bonds. The summed E-state index contributed by atoms with van der Waals surface area (Å²) < 4.78 is 1.65. The Morgan fingerprint density at radius 1 is 1.25 bits per heavy atom. The topological polar surface area (TPSA) is 0 Å². The first-order chi connectivity index (χ1) is 3.58. The maximum absolute atomic E-state index is 2.53. The average molecular weight is 219 g/mol. The van der Waals surface area contributed by atoms with Gasteiger partial charge < -0.3 is 0 Å². The Labute approximate surface area is 56.5 Å². The SMILES string of the molecule is [CH3][Sn]([CH3])([CH3])[CH2]C1CC1. The van der Waals surface area contributed by atoms with E-state index in [0.29, 0.717) is 0 Å². The molecule has 0 unspecified atom stereocenters. The zero-order valence-corrected chi connectivity index (χ0v) is 9.05. The Bertz CT molecular complexity index is 76.9. The molecule has 0 radical (unpaired) electrons. The van der Waals surface area contributed by atoms with Gasteiger partial charge in [-0.2, -0.15) is 0 Å². The molecule has 0 saturated heterocycles. The fourth-order valence-electron chi connectivity index (χ4n) is 1.19. The van der Waals surface area contributed by atoms with E-state index >= 15 is 0 Å². The second-order valence-corrected chi connectivity index (χ2v) is 20.0. The minimum absolute atomic E-state index is 1.19. The summed E-state index contributed by atoms with van der Waals surface area (Å²) in [6.45, 7) is 0. The van der Waals surface area contributed by atoms with Crippen molar-refractivity contribution in [3.8, 4) is 0 Å². The maximum atomic E-state index is 2.53. The van der Waals surface area contributed by atoms with Crippen molar-refractivity contribution in [2.75, 3.05) is 0 Å². The van der Waals surface area contributed by atoms with Crippen molar-refractivity contribution < 1.29 is 0 Å². The Morgan fingerprint density at radius 2 is 1.75 bits per heavy atom. The molecule has 0 aromatic carbocycles. The van der Waals surface area contributed by atoms with Gasteiger partial charge in [0.1, 0.15) is 0 Å². The van der Waals surface area contributed by atoms with Gasteiger partial charge in [-0.05, 0) is 0 Å². The van der Waals surface area contributed by atoms with Gasteiger partial charge in [0, 0.05) is 0 Å². The van der Waals surface area contributed by atoms with Gasteiger partial charge in [-0.1, -0.05) is 0 Å². The second kappa shape index (κ2) is 2.20. The van der Waals surface area contributed by atoms with E-state index in [-0.39, 0.29) is 0 Å². The number of hydrogen-bond acceptors (Lipinski definition) is 0. The van der Waals surface area contributed by atoms with Crippen LogP contribution in [0.3, 0.4) is 0 Å². The summed E-state index contributed by atoms with van der Waals surface area (Å²) in [7, 11) is 0. The summed E-state index contributed by atoms with van der Waals surface area (Å²) in [6.07, 6.45) is 3.10. The van der Waals surface area contributed by atoms with Crippen molar-refractivity contribution in [3.63, 3.8) is 0 Å². The van der Waals surface area contributed by atoms with E-state index in [9.17, 15) is 0 Å². The summed E-state index contributed by atoms with van der Waals surface area (Å²) in [5.41, 5.74) is 0. The molecule has 8 heavy (non-hydrogen) atoms. The summed E-state index contributed by atoms with van der Waals surface area (Å²) in [5, 5.41) is 0. The monoisotopic (exact) mass is 220 g/mol. The summed E-state index contributed by atoms with van der Waals surface area (Å²) in [5.74, 6) is 1.19. The van der Waals surface area contributed by atoms with Crippen LogP contribution in [-0.4, -0.2) is 18.4 Å². The molecule has 0 bridgehead atoms. The van der Waals surface area contributed by atoms with E-state index in [1.807, 2.05) is 0 Å². The van der Waals surface area contributed by atoms with E-state index in [1.165, 1.54) is 5.92 Å². The molecular formula is C7H16Sn. The van der Waals surface area contributed by atoms with E-state index in [4.69, 9.17) is 0 Å². The Balaban J connectivity index is 2.16. The molecule has 1 heteroatoms. The van der Waals surface area contributed by atoms with Crippen LogP contribution in [0.15, 0.2) is 0 Å². The van der Waals surface area contributed by atoms with Crippen LogP contribution in [0.4, 0.5) is 0 Å². The zero-order valence-electron chi connectivity index (χ0n) is 6.20.